The largest absolute Gasteiger partial charge is 0.367 e. The number of nitrogens with zero attached hydrogens (tertiary/aromatic N) is 1. The number of nitrogens with one attached hydrogen (secondary N) is 1. The molecule has 0 amide bonds. The van der Waals surface area contributed by atoms with Gasteiger partial charge in [0.25, 0.3) is 0 Å². The zero-order chi connectivity index (χ0) is 13.6. The summed E-state index contributed by atoms with van der Waals surface area (Å²) in [5, 5.41) is 3.54. The van der Waals surface area contributed by atoms with E-state index in [0.29, 0.717) is 0 Å². The quantitative estimate of drug-likeness (QED) is 0.709. The molecular weight excluding hydrogens is 224 g/mol. The predicted molar refractivity (Wildman–Crippen MR) is 78.1 cm³/mol. The molecule has 0 aromatic carbocycles. The van der Waals surface area contributed by atoms with Crippen LogP contribution >= 0.6 is 0 Å². The molecule has 1 aliphatic heterocycles. The number of hydrogen-bond acceptors (Lipinski definition) is 3. The van der Waals surface area contributed by atoms with Crippen LogP contribution in [0.15, 0.2) is 0 Å². The zero-order valence-corrected chi connectivity index (χ0v) is 13.0. The van der Waals surface area contributed by atoms with Crippen molar-refractivity contribution in [2.24, 2.45) is 0 Å². The van der Waals surface area contributed by atoms with E-state index in [9.17, 15) is 0 Å². The van der Waals surface area contributed by atoms with Crippen LogP contribution in [0.1, 0.15) is 53.9 Å². The summed E-state index contributed by atoms with van der Waals surface area (Å²) in [5.74, 6) is 0. The van der Waals surface area contributed by atoms with Gasteiger partial charge in [-0.2, -0.15) is 0 Å². The lowest BCUT2D eigenvalue weighted by atomic mass is 9.99. The van der Waals surface area contributed by atoms with Crippen molar-refractivity contribution in [3.8, 4) is 0 Å². The standard InChI is InChI=1S/C15H32N2O/c1-6-7-8-9-16-10-11-17-12-14(2,3)18-15(4,5)13-17/h16H,6-13H2,1-5H3. The Kier molecular flexibility index (Phi) is 6.09. The van der Waals surface area contributed by atoms with Gasteiger partial charge in [0, 0.05) is 26.2 Å². The molecule has 3 heteroatoms. The Labute approximate surface area is 113 Å². The molecule has 1 fully saturated rings. The first-order valence-electron chi connectivity index (χ1n) is 7.48. The van der Waals surface area contributed by atoms with Crippen LogP contribution in [0.2, 0.25) is 0 Å². The van der Waals surface area contributed by atoms with Crippen LogP contribution in [0.25, 0.3) is 0 Å². The van der Waals surface area contributed by atoms with E-state index in [1.807, 2.05) is 0 Å². The van der Waals surface area contributed by atoms with Crippen LogP contribution in [0.3, 0.4) is 0 Å². The Morgan fingerprint density at radius 3 is 2.17 bits per heavy atom. The van der Waals surface area contributed by atoms with Gasteiger partial charge in [0.05, 0.1) is 11.2 Å². The maximum Gasteiger partial charge on any atom is 0.0760 e. The molecule has 0 saturated carbocycles. The summed E-state index contributed by atoms with van der Waals surface area (Å²) in [6, 6.07) is 0. The number of ether oxygens (including phenoxy) is 1. The first kappa shape index (κ1) is 15.9. The lowest BCUT2D eigenvalue weighted by Gasteiger charge is -2.47. The lowest BCUT2D eigenvalue weighted by Crippen LogP contribution is -2.58. The fourth-order valence-corrected chi connectivity index (χ4v) is 2.97. The van der Waals surface area contributed by atoms with E-state index in [4.69, 9.17) is 4.74 Å². The third kappa shape index (κ3) is 6.17. The topological polar surface area (TPSA) is 24.5 Å². The summed E-state index contributed by atoms with van der Waals surface area (Å²) >= 11 is 0. The first-order chi connectivity index (χ1) is 8.35. The molecular formula is C15H32N2O. The smallest absolute Gasteiger partial charge is 0.0760 e. The minimum absolute atomic E-state index is 0.0238. The minimum Gasteiger partial charge on any atom is -0.367 e. The summed E-state index contributed by atoms with van der Waals surface area (Å²) in [5.41, 5.74) is -0.0477. The van der Waals surface area contributed by atoms with Crippen molar-refractivity contribution in [2.45, 2.75) is 65.1 Å². The van der Waals surface area contributed by atoms with Crippen LogP contribution in [-0.2, 0) is 4.74 Å². The minimum atomic E-state index is -0.0238. The van der Waals surface area contributed by atoms with Gasteiger partial charge < -0.3 is 10.1 Å². The third-order valence-electron chi connectivity index (χ3n) is 3.32. The molecule has 0 aliphatic carbocycles. The van der Waals surface area contributed by atoms with Gasteiger partial charge in [0.1, 0.15) is 0 Å². The molecule has 1 heterocycles. The molecule has 1 N–H and O–H groups in total. The average Bonchev–Trinajstić information content (AvgIpc) is 2.18. The molecule has 0 bridgehead atoms. The molecule has 18 heavy (non-hydrogen) atoms. The van der Waals surface area contributed by atoms with Crippen molar-refractivity contribution >= 4 is 0 Å². The van der Waals surface area contributed by atoms with Gasteiger partial charge in [0.15, 0.2) is 0 Å². The summed E-state index contributed by atoms with van der Waals surface area (Å²) in [4.78, 5) is 2.52. The maximum atomic E-state index is 6.09. The molecule has 1 saturated heterocycles. The second kappa shape index (κ2) is 6.88. The second-order valence-corrected chi connectivity index (χ2v) is 6.79. The van der Waals surface area contributed by atoms with E-state index in [1.54, 1.807) is 0 Å². The van der Waals surface area contributed by atoms with Crippen LogP contribution in [0.4, 0.5) is 0 Å². The number of unbranched alkanes of at least 4 members (excludes halogenated alkanes) is 2. The van der Waals surface area contributed by atoms with Crippen molar-refractivity contribution in [1.29, 1.82) is 0 Å². The van der Waals surface area contributed by atoms with E-state index in [1.165, 1.54) is 19.3 Å². The molecule has 108 valence electrons. The van der Waals surface area contributed by atoms with Gasteiger partial charge in [-0.3, -0.25) is 4.90 Å². The maximum absolute atomic E-state index is 6.09. The predicted octanol–water partition coefficient (Wildman–Crippen LogP) is 2.66. The number of rotatable bonds is 7. The van der Waals surface area contributed by atoms with Crippen molar-refractivity contribution in [3.63, 3.8) is 0 Å². The lowest BCUT2D eigenvalue weighted by molar-refractivity contribution is -0.180. The first-order valence-corrected chi connectivity index (χ1v) is 7.48. The van der Waals surface area contributed by atoms with Gasteiger partial charge in [-0.15, -0.1) is 0 Å². The molecule has 0 radical (unpaired) electrons. The Morgan fingerprint density at radius 2 is 1.61 bits per heavy atom. The summed E-state index contributed by atoms with van der Waals surface area (Å²) in [6.07, 6.45) is 3.94. The second-order valence-electron chi connectivity index (χ2n) is 6.79. The van der Waals surface area contributed by atoms with Gasteiger partial charge in [-0.05, 0) is 40.7 Å². The van der Waals surface area contributed by atoms with E-state index in [-0.39, 0.29) is 11.2 Å². The van der Waals surface area contributed by atoms with Gasteiger partial charge >= 0.3 is 0 Å². The summed E-state index contributed by atoms with van der Waals surface area (Å²) < 4.78 is 6.09. The summed E-state index contributed by atoms with van der Waals surface area (Å²) in [7, 11) is 0. The molecule has 1 rings (SSSR count). The number of hydrogen-bond donors (Lipinski definition) is 1. The molecule has 0 atom stereocenters. The normalized spacial score (nSPS) is 23.2. The van der Waals surface area contributed by atoms with Crippen LogP contribution in [0.5, 0.6) is 0 Å². The van der Waals surface area contributed by atoms with E-state index in [2.05, 4.69) is 44.8 Å². The highest BCUT2D eigenvalue weighted by Gasteiger charge is 2.37. The molecule has 0 aromatic rings. The highest BCUT2D eigenvalue weighted by atomic mass is 16.5. The van der Waals surface area contributed by atoms with Crippen molar-refractivity contribution < 1.29 is 4.74 Å². The fraction of sp³-hybridized carbons (Fsp3) is 1.00. The Hall–Kier alpha value is -0.120. The van der Waals surface area contributed by atoms with Crippen molar-refractivity contribution in [3.05, 3.63) is 0 Å². The average molecular weight is 256 g/mol. The van der Waals surface area contributed by atoms with Crippen LogP contribution in [0, 0.1) is 0 Å². The molecule has 1 aliphatic rings. The Bertz CT molecular complexity index is 223. The van der Waals surface area contributed by atoms with Gasteiger partial charge in [-0.25, -0.2) is 0 Å². The van der Waals surface area contributed by atoms with Crippen molar-refractivity contribution in [2.75, 3.05) is 32.7 Å². The zero-order valence-electron chi connectivity index (χ0n) is 13.0. The van der Waals surface area contributed by atoms with Crippen LogP contribution in [-0.4, -0.2) is 48.8 Å². The molecule has 0 aromatic heterocycles. The summed E-state index contributed by atoms with van der Waals surface area (Å²) in [6.45, 7) is 16.5. The molecule has 0 unspecified atom stereocenters. The Balaban J connectivity index is 2.21. The fourth-order valence-electron chi connectivity index (χ4n) is 2.97. The van der Waals surface area contributed by atoms with Gasteiger partial charge in [-0.1, -0.05) is 19.8 Å². The van der Waals surface area contributed by atoms with E-state index < -0.39 is 0 Å². The van der Waals surface area contributed by atoms with E-state index >= 15 is 0 Å². The monoisotopic (exact) mass is 256 g/mol. The van der Waals surface area contributed by atoms with Gasteiger partial charge in [0.2, 0.25) is 0 Å². The van der Waals surface area contributed by atoms with E-state index in [0.717, 1.165) is 32.7 Å². The highest BCUT2D eigenvalue weighted by Crippen LogP contribution is 2.27. The Morgan fingerprint density at radius 1 is 1.00 bits per heavy atom. The number of morpholine rings is 1. The van der Waals surface area contributed by atoms with Crippen molar-refractivity contribution in [1.82, 2.24) is 10.2 Å². The SMILES string of the molecule is CCCCCNCCN1CC(C)(C)OC(C)(C)C1. The molecule has 0 spiro atoms. The highest BCUT2D eigenvalue weighted by molar-refractivity contribution is 4.89. The molecule has 3 nitrogen and oxygen atoms in total. The van der Waals surface area contributed by atoms with Crippen LogP contribution < -0.4 is 5.32 Å². The third-order valence-corrected chi connectivity index (χ3v) is 3.32.